The van der Waals surface area contributed by atoms with Gasteiger partial charge in [-0.05, 0) is 18.2 Å². The fourth-order valence-electron chi connectivity index (χ4n) is 1.78. The van der Waals surface area contributed by atoms with Gasteiger partial charge in [-0.2, -0.15) is 0 Å². The molecule has 6 heteroatoms. The monoisotopic (exact) mass is 258 g/mol. The van der Waals surface area contributed by atoms with E-state index in [1.807, 2.05) is 24.3 Å². The lowest BCUT2D eigenvalue weighted by molar-refractivity contribution is 0.100. The molecule has 0 saturated carbocycles. The number of nitrogens with two attached hydrogens (primary N) is 2. The second kappa shape index (κ2) is 3.85. The van der Waals surface area contributed by atoms with E-state index in [9.17, 15) is 4.79 Å². The summed E-state index contributed by atoms with van der Waals surface area (Å²) in [5, 5.41) is 0.787. The number of primary amides is 1. The van der Waals surface area contributed by atoms with Crippen LogP contribution in [0.5, 0.6) is 0 Å². The highest BCUT2D eigenvalue weighted by Crippen LogP contribution is 2.31. The van der Waals surface area contributed by atoms with Gasteiger partial charge < -0.3 is 16.5 Å². The number of amides is 1. The van der Waals surface area contributed by atoms with Crippen molar-refractivity contribution in [1.29, 1.82) is 0 Å². The number of nitrogen functional groups attached to an aromatic ring is 1. The lowest BCUT2D eigenvalue weighted by atomic mass is 10.3. The Balaban J connectivity index is 2.14. The molecule has 1 aromatic carbocycles. The highest BCUT2D eigenvalue weighted by Gasteiger charge is 2.14. The normalized spacial score (nSPS) is 10.9. The average molecular weight is 258 g/mol. The van der Waals surface area contributed by atoms with Gasteiger partial charge in [-0.1, -0.05) is 12.1 Å². The van der Waals surface area contributed by atoms with Gasteiger partial charge in [0.05, 0.1) is 21.5 Å². The summed E-state index contributed by atoms with van der Waals surface area (Å²) >= 11 is 1.53. The van der Waals surface area contributed by atoms with Crippen molar-refractivity contribution in [3.63, 3.8) is 0 Å². The number of rotatable bonds is 2. The number of aromatic amines is 1. The Kier molecular flexibility index (Phi) is 2.31. The first kappa shape index (κ1) is 10.8. The zero-order valence-corrected chi connectivity index (χ0v) is 10.1. The first-order chi connectivity index (χ1) is 8.65. The Morgan fingerprint density at radius 2 is 2.11 bits per heavy atom. The lowest BCUT2D eigenvalue weighted by Crippen LogP contribution is -2.11. The summed E-state index contributed by atoms with van der Waals surface area (Å²) in [5.41, 5.74) is 12.8. The zero-order valence-electron chi connectivity index (χ0n) is 9.31. The number of carbonyl (C=O) groups is 1. The number of fused-ring (bicyclic) bond motifs is 1. The van der Waals surface area contributed by atoms with Crippen molar-refractivity contribution in [3.8, 4) is 10.7 Å². The van der Waals surface area contributed by atoms with E-state index in [0.29, 0.717) is 11.3 Å². The molecule has 0 atom stereocenters. The molecule has 0 aliphatic carbocycles. The molecule has 0 spiro atoms. The number of para-hydroxylation sites is 1. The Morgan fingerprint density at radius 1 is 1.33 bits per heavy atom. The molecule has 3 rings (SSSR count). The highest BCUT2D eigenvalue weighted by molar-refractivity contribution is 7.21. The van der Waals surface area contributed by atoms with Crippen LogP contribution in [0.2, 0.25) is 0 Å². The third-order valence-electron chi connectivity index (χ3n) is 2.64. The number of nitrogens with zero attached hydrogens (tertiary/aromatic N) is 1. The van der Waals surface area contributed by atoms with Gasteiger partial charge in [0.2, 0.25) is 0 Å². The van der Waals surface area contributed by atoms with E-state index in [4.69, 9.17) is 11.5 Å². The lowest BCUT2D eigenvalue weighted by Gasteiger charge is -1.89. The van der Waals surface area contributed by atoms with E-state index in [2.05, 4.69) is 9.97 Å². The molecule has 0 fully saturated rings. The summed E-state index contributed by atoms with van der Waals surface area (Å²) < 4.78 is 1.08. The number of anilines is 1. The number of H-pyrrole nitrogens is 1. The van der Waals surface area contributed by atoms with Crippen LogP contribution in [0.4, 0.5) is 5.82 Å². The molecule has 0 saturated heterocycles. The molecule has 0 unspecified atom stereocenters. The second-order valence-electron chi connectivity index (χ2n) is 3.86. The van der Waals surface area contributed by atoms with Crippen LogP contribution in [0, 0.1) is 0 Å². The molecule has 3 aromatic rings. The number of hydrogen-bond acceptors (Lipinski definition) is 4. The van der Waals surface area contributed by atoms with Gasteiger partial charge >= 0.3 is 0 Å². The SMILES string of the molecule is NC(=O)c1cc(-c2nc3ccccc3s2)[nH]c1N. The van der Waals surface area contributed by atoms with Crippen molar-refractivity contribution in [1.82, 2.24) is 9.97 Å². The maximum Gasteiger partial charge on any atom is 0.252 e. The number of thiazole rings is 1. The van der Waals surface area contributed by atoms with Gasteiger partial charge in [0, 0.05) is 0 Å². The van der Waals surface area contributed by atoms with Gasteiger partial charge in [-0.3, -0.25) is 4.79 Å². The summed E-state index contributed by atoms with van der Waals surface area (Å²) in [6, 6.07) is 9.47. The minimum Gasteiger partial charge on any atom is -0.385 e. The van der Waals surface area contributed by atoms with Crippen LogP contribution in [0.25, 0.3) is 20.9 Å². The predicted molar refractivity (Wildman–Crippen MR) is 72.3 cm³/mol. The minimum absolute atomic E-state index is 0.275. The molecule has 0 bridgehead atoms. The third-order valence-corrected chi connectivity index (χ3v) is 3.71. The van der Waals surface area contributed by atoms with Crippen LogP contribution in [0.15, 0.2) is 30.3 Å². The average Bonchev–Trinajstić information content (AvgIpc) is 2.91. The topological polar surface area (TPSA) is 97.8 Å². The van der Waals surface area contributed by atoms with E-state index in [-0.39, 0.29) is 5.82 Å². The van der Waals surface area contributed by atoms with Crippen LogP contribution < -0.4 is 11.5 Å². The fourth-order valence-corrected chi connectivity index (χ4v) is 2.71. The molecule has 2 aromatic heterocycles. The fraction of sp³-hybridized carbons (Fsp3) is 0. The van der Waals surface area contributed by atoms with Gasteiger partial charge in [-0.15, -0.1) is 11.3 Å². The molecular weight excluding hydrogens is 248 g/mol. The van der Waals surface area contributed by atoms with Crippen LogP contribution in [-0.4, -0.2) is 15.9 Å². The quantitative estimate of drug-likeness (QED) is 0.655. The molecule has 0 aliphatic rings. The van der Waals surface area contributed by atoms with E-state index < -0.39 is 5.91 Å². The van der Waals surface area contributed by atoms with E-state index >= 15 is 0 Å². The van der Waals surface area contributed by atoms with Crippen molar-refractivity contribution in [3.05, 3.63) is 35.9 Å². The summed E-state index contributed by atoms with van der Waals surface area (Å²) in [5.74, 6) is -0.270. The molecule has 90 valence electrons. The van der Waals surface area contributed by atoms with Crippen molar-refractivity contribution >= 4 is 33.3 Å². The largest absolute Gasteiger partial charge is 0.385 e. The summed E-state index contributed by atoms with van der Waals surface area (Å²) in [6.07, 6.45) is 0. The van der Waals surface area contributed by atoms with Crippen LogP contribution in [-0.2, 0) is 0 Å². The Hall–Kier alpha value is -2.34. The number of aromatic nitrogens is 2. The second-order valence-corrected chi connectivity index (χ2v) is 4.89. The Bertz CT molecular complexity index is 710. The van der Waals surface area contributed by atoms with Crippen molar-refractivity contribution < 1.29 is 4.79 Å². The first-order valence-corrected chi connectivity index (χ1v) is 6.11. The molecule has 18 heavy (non-hydrogen) atoms. The van der Waals surface area contributed by atoms with Crippen LogP contribution in [0.1, 0.15) is 10.4 Å². The molecule has 0 aliphatic heterocycles. The van der Waals surface area contributed by atoms with Gasteiger partial charge in [0.25, 0.3) is 5.91 Å². The van der Waals surface area contributed by atoms with E-state index in [1.54, 1.807) is 6.07 Å². The number of nitrogens with one attached hydrogen (secondary N) is 1. The van der Waals surface area contributed by atoms with Crippen molar-refractivity contribution in [2.24, 2.45) is 5.73 Å². The van der Waals surface area contributed by atoms with Crippen LogP contribution >= 0.6 is 11.3 Å². The molecule has 2 heterocycles. The predicted octanol–water partition coefficient (Wildman–Crippen LogP) is 1.97. The molecule has 1 amide bonds. The smallest absolute Gasteiger partial charge is 0.252 e. The highest BCUT2D eigenvalue weighted by atomic mass is 32.1. The maximum absolute atomic E-state index is 11.1. The first-order valence-electron chi connectivity index (χ1n) is 5.29. The zero-order chi connectivity index (χ0) is 12.7. The van der Waals surface area contributed by atoms with Gasteiger partial charge in [-0.25, -0.2) is 4.98 Å². The number of hydrogen-bond donors (Lipinski definition) is 3. The molecular formula is C12H10N4OS. The van der Waals surface area contributed by atoms with Crippen molar-refractivity contribution in [2.45, 2.75) is 0 Å². The summed E-state index contributed by atoms with van der Waals surface area (Å²) in [6.45, 7) is 0. The number of carbonyl (C=O) groups excluding carboxylic acids is 1. The Morgan fingerprint density at radius 3 is 2.78 bits per heavy atom. The standard InChI is InChI=1S/C12H10N4OS/c13-10-6(11(14)17)5-8(15-10)12-16-7-3-1-2-4-9(7)18-12/h1-5,15H,13H2,(H2,14,17). The van der Waals surface area contributed by atoms with E-state index in [1.165, 1.54) is 11.3 Å². The minimum atomic E-state index is -0.545. The third kappa shape index (κ3) is 1.63. The summed E-state index contributed by atoms with van der Waals surface area (Å²) in [7, 11) is 0. The maximum atomic E-state index is 11.1. The van der Waals surface area contributed by atoms with Crippen LogP contribution in [0.3, 0.4) is 0 Å². The molecule has 5 nitrogen and oxygen atoms in total. The van der Waals surface area contributed by atoms with Crippen molar-refractivity contribution in [2.75, 3.05) is 5.73 Å². The Labute approximate surface area is 106 Å². The molecule has 0 radical (unpaired) electrons. The van der Waals surface area contributed by atoms with E-state index in [0.717, 1.165) is 15.2 Å². The van der Waals surface area contributed by atoms with Gasteiger partial charge in [0.1, 0.15) is 10.8 Å². The number of benzene rings is 1. The summed E-state index contributed by atoms with van der Waals surface area (Å²) in [4.78, 5) is 18.5. The molecule has 5 N–H and O–H groups in total. The van der Waals surface area contributed by atoms with Gasteiger partial charge in [0.15, 0.2) is 0 Å².